The highest BCUT2D eigenvalue weighted by molar-refractivity contribution is 5.35. The number of aromatic nitrogens is 3. The highest BCUT2D eigenvalue weighted by Crippen LogP contribution is 2.15. The Kier molecular flexibility index (Phi) is 3.54. The monoisotopic (exact) mass is 230 g/mol. The number of imidazole rings is 1. The highest BCUT2D eigenvalue weighted by Gasteiger charge is 2.10. The third kappa shape index (κ3) is 2.53. The molecule has 0 amide bonds. The van der Waals surface area contributed by atoms with Crippen LogP contribution in [0.5, 0.6) is 0 Å². The van der Waals surface area contributed by atoms with E-state index in [1.807, 2.05) is 30.0 Å². The van der Waals surface area contributed by atoms with E-state index in [2.05, 4.69) is 23.0 Å². The molecule has 0 bridgehead atoms. The predicted molar refractivity (Wildman–Crippen MR) is 68.1 cm³/mol. The summed E-state index contributed by atoms with van der Waals surface area (Å²) in [6, 6.07) is 4.15. The van der Waals surface area contributed by atoms with Crippen LogP contribution < -0.4 is 5.73 Å². The van der Waals surface area contributed by atoms with Crippen molar-refractivity contribution >= 4 is 0 Å². The second-order valence-corrected chi connectivity index (χ2v) is 4.23. The molecule has 0 aliphatic carbocycles. The van der Waals surface area contributed by atoms with Crippen LogP contribution in [0.25, 0.3) is 5.82 Å². The van der Waals surface area contributed by atoms with Crippen LogP contribution in [0.3, 0.4) is 0 Å². The smallest absolute Gasteiger partial charge is 0.141 e. The Morgan fingerprint density at radius 2 is 2.18 bits per heavy atom. The number of nitrogens with two attached hydrogens (primary N) is 1. The Labute approximate surface area is 102 Å². The van der Waals surface area contributed by atoms with Crippen molar-refractivity contribution in [3.63, 3.8) is 0 Å². The number of aryl methyl sites for hydroxylation is 1. The van der Waals surface area contributed by atoms with Gasteiger partial charge in [0.25, 0.3) is 0 Å². The van der Waals surface area contributed by atoms with Gasteiger partial charge in [0.15, 0.2) is 0 Å². The maximum atomic E-state index is 5.86. The summed E-state index contributed by atoms with van der Waals surface area (Å²) in [6.07, 6.45) is 7.28. The molecule has 2 N–H and O–H groups in total. The Hall–Kier alpha value is -1.68. The number of rotatable bonds is 4. The minimum Gasteiger partial charge on any atom is -0.328 e. The average Bonchev–Trinajstić information content (AvgIpc) is 2.77. The van der Waals surface area contributed by atoms with Crippen LogP contribution in [0.1, 0.15) is 25.2 Å². The summed E-state index contributed by atoms with van der Waals surface area (Å²) in [4.78, 5) is 8.77. The van der Waals surface area contributed by atoms with Crippen LogP contribution in [0.15, 0.2) is 30.7 Å². The van der Waals surface area contributed by atoms with Crippen LogP contribution in [0, 0.1) is 0 Å². The molecule has 90 valence electrons. The zero-order valence-corrected chi connectivity index (χ0v) is 10.3. The second kappa shape index (κ2) is 5.10. The minimum absolute atomic E-state index is 0.131. The molecule has 1 atom stereocenters. The normalized spacial score (nSPS) is 12.6. The third-order valence-electron chi connectivity index (χ3n) is 2.67. The lowest BCUT2D eigenvalue weighted by Crippen LogP contribution is -2.19. The van der Waals surface area contributed by atoms with Gasteiger partial charge in [-0.05, 0) is 25.0 Å². The molecule has 17 heavy (non-hydrogen) atoms. The second-order valence-electron chi connectivity index (χ2n) is 4.23. The number of pyridine rings is 1. The number of hydrogen-bond donors (Lipinski definition) is 1. The van der Waals surface area contributed by atoms with Gasteiger partial charge >= 0.3 is 0 Å². The zero-order chi connectivity index (χ0) is 12.3. The van der Waals surface area contributed by atoms with Gasteiger partial charge in [0, 0.05) is 31.1 Å². The van der Waals surface area contributed by atoms with Crippen molar-refractivity contribution in [1.82, 2.24) is 14.5 Å². The first-order valence-electron chi connectivity index (χ1n) is 5.94. The van der Waals surface area contributed by atoms with Crippen LogP contribution >= 0.6 is 0 Å². The van der Waals surface area contributed by atoms with E-state index in [1.165, 1.54) is 0 Å². The molecule has 2 aromatic heterocycles. The fourth-order valence-electron chi connectivity index (χ4n) is 1.94. The third-order valence-corrected chi connectivity index (χ3v) is 2.67. The maximum Gasteiger partial charge on any atom is 0.141 e. The maximum absolute atomic E-state index is 5.86. The van der Waals surface area contributed by atoms with Gasteiger partial charge in [-0.2, -0.15) is 0 Å². The van der Waals surface area contributed by atoms with Crippen LogP contribution in [0.4, 0.5) is 0 Å². The van der Waals surface area contributed by atoms with Gasteiger partial charge in [0.1, 0.15) is 11.6 Å². The molecule has 0 saturated carbocycles. The summed E-state index contributed by atoms with van der Waals surface area (Å²) in [5.74, 6) is 1.97. The molecular weight excluding hydrogens is 212 g/mol. The van der Waals surface area contributed by atoms with Gasteiger partial charge < -0.3 is 5.73 Å². The Morgan fingerprint density at radius 1 is 1.35 bits per heavy atom. The first-order valence-corrected chi connectivity index (χ1v) is 5.94. The van der Waals surface area contributed by atoms with E-state index in [0.29, 0.717) is 0 Å². The van der Waals surface area contributed by atoms with E-state index in [-0.39, 0.29) is 6.04 Å². The van der Waals surface area contributed by atoms with E-state index < -0.39 is 0 Å². The molecule has 0 fully saturated rings. The SMILES string of the molecule is CCc1nccn1-c1ncccc1CC(C)N. The standard InChI is InChI=1S/C13H18N4/c1-3-12-15-7-8-17(12)13-11(9-10(2)14)5-4-6-16-13/h4-8,10H,3,9,14H2,1-2H3. The Morgan fingerprint density at radius 3 is 2.88 bits per heavy atom. The van der Waals surface area contributed by atoms with Gasteiger partial charge in [-0.3, -0.25) is 4.57 Å². The molecule has 4 nitrogen and oxygen atoms in total. The molecule has 2 aromatic rings. The van der Waals surface area contributed by atoms with Gasteiger partial charge in [0.05, 0.1) is 0 Å². The molecule has 1 unspecified atom stereocenters. The summed E-state index contributed by atoms with van der Waals surface area (Å²) in [5.41, 5.74) is 7.03. The van der Waals surface area contributed by atoms with E-state index in [1.54, 1.807) is 6.20 Å². The molecule has 0 aliphatic rings. The lowest BCUT2D eigenvalue weighted by Gasteiger charge is -2.12. The van der Waals surface area contributed by atoms with E-state index >= 15 is 0 Å². The number of hydrogen-bond acceptors (Lipinski definition) is 3. The zero-order valence-electron chi connectivity index (χ0n) is 10.3. The molecule has 0 aliphatic heterocycles. The quantitative estimate of drug-likeness (QED) is 0.870. The van der Waals surface area contributed by atoms with E-state index in [4.69, 9.17) is 5.73 Å². The molecule has 0 radical (unpaired) electrons. The van der Waals surface area contributed by atoms with Crippen molar-refractivity contribution in [2.45, 2.75) is 32.7 Å². The van der Waals surface area contributed by atoms with Crippen LogP contribution in [-0.2, 0) is 12.8 Å². The summed E-state index contributed by atoms with van der Waals surface area (Å²) < 4.78 is 2.04. The van der Waals surface area contributed by atoms with Gasteiger partial charge in [-0.15, -0.1) is 0 Å². The molecule has 0 saturated heterocycles. The largest absolute Gasteiger partial charge is 0.328 e. The molecule has 2 heterocycles. The van der Waals surface area contributed by atoms with Crippen LogP contribution in [-0.4, -0.2) is 20.6 Å². The van der Waals surface area contributed by atoms with Crippen molar-refractivity contribution in [2.75, 3.05) is 0 Å². The molecule has 4 heteroatoms. The molecular formula is C13H18N4. The van der Waals surface area contributed by atoms with Gasteiger partial charge in [-0.25, -0.2) is 9.97 Å². The average molecular weight is 230 g/mol. The molecule has 2 rings (SSSR count). The number of nitrogens with zero attached hydrogens (tertiary/aromatic N) is 3. The Bertz CT molecular complexity index is 488. The molecule has 0 aromatic carbocycles. The summed E-state index contributed by atoms with van der Waals surface area (Å²) in [5, 5.41) is 0. The van der Waals surface area contributed by atoms with Crippen LogP contribution in [0.2, 0.25) is 0 Å². The van der Waals surface area contributed by atoms with Crippen molar-refractivity contribution < 1.29 is 0 Å². The lowest BCUT2D eigenvalue weighted by atomic mass is 10.1. The van der Waals surface area contributed by atoms with E-state index in [0.717, 1.165) is 30.0 Å². The first-order chi connectivity index (χ1) is 8.22. The minimum atomic E-state index is 0.131. The van der Waals surface area contributed by atoms with Crippen molar-refractivity contribution in [3.05, 3.63) is 42.1 Å². The highest BCUT2D eigenvalue weighted by atomic mass is 15.1. The van der Waals surface area contributed by atoms with Gasteiger partial charge in [0.2, 0.25) is 0 Å². The van der Waals surface area contributed by atoms with Crippen molar-refractivity contribution in [1.29, 1.82) is 0 Å². The molecule has 0 spiro atoms. The first kappa shape index (κ1) is 11.8. The predicted octanol–water partition coefficient (Wildman–Crippen LogP) is 1.72. The van der Waals surface area contributed by atoms with Crippen molar-refractivity contribution in [3.8, 4) is 5.82 Å². The fourth-order valence-corrected chi connectivity index (χ4v) is 1.94. The topological polar surface area (TPSA) is 56.7 Å². The van der Waals surface area contributed by atoms with E-state index in [9.17, 15) is 0 Å². The summed E-state index contributed by atoms with van der Waals surface area (Å²) in [7, 11) is 0. The van der Waals surface area contributed by atoms with Gasteiger partial charge in [-0.1, -0.05) is 13.0 Å². The Balaban J connectivity index is 2.44. The summed E-state index contributed by atoms with van der Waals surface area (Å²) in [6.45, 7) is 4.10. The van der Waals surface area contributed by atoms with Crippen molar-refractivity contribution in [2.24, 2.45) is 5.73 Å². The lowest BCUT2D eigenvalue weighted by molar-refractivity contribution is 0.725. The summed E-state index contributed by atoms with van der Waals surface area (Å²) >= 11 is 0. The fraction of sp³-hybridized carbons (Fsp3) is 0.385.